The summed E-state index contributed by atoms with van der Waals surface area (Å²) in [5.74, 6) is 0. The van der Waals surface area contributed by atoms with Crippen LogP contribution in [-0.2, 0) is 6.54 Å². The van der Waals surface area contributed by atoms with Crippen molar-refractivity contribution in [3.05, 3.63) is 66.5 Å². The summed E-state index contributed by atoms with van der Waals surface area (Å²) in [6.45, 7) is 3.36. The lowest BCUT2D eigenvalue weighted by Crippen LogP contribution is -2.35. The summed E-state index contributed by atoms with van der Waals surface area (Å²) < 4.78 is 0. The molecule has 0 fully saturated rings. The fraction of sp³-hybridized carbons (Fsp3) is 0.211. The number of benzene rings is 2. The van der Waals surface area contributed by atoms with Gasteiger partial charge >= 0.3 is 6.03 Å². The summed E-state index contributed by atoms with van der Waals surface area (Å²) in [5.41, 5.74) is 3.42. The first-order chi connectivity index (χ1) is 11.8. The van der Waals surface area contributed by atoms with Crippen molar-refractivity contribution in [2.75, 3.05) is 11.9 Å². The molecule has 0 radical (unpaired) electrons. The largest absolute Gasteiger partial charge is 0.322 e. The number of nitrogens with one attached hydrogen (secondary N) is 1. The Morgan fingerprint density at radius 1 is 1.04 bits per heavy atom. The Morgan fingerprint density at radius 2 is 1.79 bits per heavy atom. The van der Waals surface area contributed by atoms with Crippen LogP contribution in [0.1, 0.15) is 18.9 Å². The molecule has 0 aliphatic heterocycles. The van der Waals surface area contributed by atoms with Crippen LogP contribution in [0.2, 0.25) is 0 Å². The molecule has 5 nitrogen and oxygen atoms in total. The van der Waals surface area contributed by atoms with E-state index < -0.39 is 0 Å². The fourth-order valence-corrected chi connectivity index (χ4v) is 2.57. The van der Waals surface area contributed by atoms with Gasteiger partial charge in [-0.15, -0.1) is 0 Å². The van der Waals surface area contributed by atoms with Crippen LogP contribution in [0.4, 0.5) is 10.5 Å². The number of nitrogens with zero attached hydrogens (tertiary/aromatic N) is 3. The second kappa shape index (κ2) is 7.55. The van der Waals surface area contributed by atoms with Crippen molar-refractivity contribution in [3.63, 3.8) is 0 Å². The van der Waals surface area contributed by atoms with Crippen molar-refractivity contribution >= 4 is 22.8 Å². The predicted octanol–water partition coefficient (Wildman–Crippen LogP) is 4.07. The van der Waals surface area contributed by atoms with Gasteiger partial charge in [-0.05, 0) is 30.2 Å². The topological polar surface area (TPSA) is 58.1 Å². The van der Waals surface area contributed by atoms with Gasteiger partial charge in [0.2, 0.25) is 0 Å². The van der Waals surface area contributed by atoms with Crippen LogP contribution in [0.25, 0.3) is 11.0 Å². The molecule has 1 heterocycles. The van der Waals surface area contributed by atoms with Gasteiger partial charge in [-0.1, -0.05) is 37.3 Å². The normalized spacial score (nSPS) is 10.5. The van der Waals surface area contributed by atoms with Crippen molar-refractivity contribution in [2.24, 2.45) is 0 Å². The number of amides is 2. The number of hydrogen-bond donors (Lipinski definition) is 1. The lowest BCUT2D eigenvalue weighted by molar-refractivity contribution is 0.209. The van der Waals surface area contributed by atoms with Gasteiger partial charge in [0.25, 0.3) is 0 Å². The molecule has 2 aromatic carbocycles. The van der Waals surface area contributed by atoms with Gasteiger partial charge in [-0.2, -0.15) is 0 Å². The van der Waals surface area contributed by atoms with Crippen LogP contribution in [-0.4, -0.2) is 27.4 Å². The summed E-state index contributed by atoms with van der Waals surface area (Å²) >= 11 is 0. The molecule has 122 valence electrons. The van der Waals surface area contributed by atoms with Crippen LogP contribution in [0.15, 0.2) is 60.9 Å². The maximum Gasteiger partial charge on any atom is 0.322 e. The second-order valence-corrected chi connectivity index (χ2v) is 5.60. The van der Waals surface area contributed by atoms with E-state index in [4.69, 9.17) is 0 Å². The molecule has 5 heteroatoms. The highest BCUT2D eigenvalue weighted by Crippen LogP contribution is 2.16. The minimum atomic E-state index is -0.107. The van der Waals surface area contributed by atoms with Crippen molar-refractivity contribution < 1.29 is 4.79 Å². The van der Waals surface area contributed by atoms with Gasteiger partial charge < -0.3 is 10.2 Å². The van der Waals surface area contributed by atoms with Crippen LogP contribution >= 0.6 is 0 Å². The van der Waals surface area contributed by atoms with Gasteiger partial charge in [0.15, 0.2) is 0 Å². The number of rotatable bonds is 5. The minimum absolute atomic E-state index is 0.107. The highest BCUT2D eigenvalue weighted by atomic mass is 16.2. The predicted molar refractivity (Wildman–Crippen MR) is 95.7 cm³/mol. The zero-order valence-electron chi connectivity index (χ0n) is 13.6. The number of aromatic nitrogens is 2. The number of carbonyl (C=O) groups is 1. The molecule has 3 rings (SSSR count). The SMILES string of the molecule is CCCN(Cc1ccccc1)C(=O)Nc1ccc2nccnc2c1. The highest BCUT2D eigenvalue weighted by Gasteiger charge is 2.13. The van der Waals surface area contributed by atoms with E-state index in [1.807, 2.05) is 53.4 Å². The molecular formula is C19H20N4O. The summed E-state index contributed by atoms with van der Waals surface area (Å²) in [6.07, 6.45) is 4.21. The van der Waals surface area contributed by atoms with E-state index in [-0.39, 0.29) is 6.03 Å². The van der Waals surface area contributed by atoms with E-state index in [1.54, 1.807) is 12.4 Å². The average molecular weight is 320 g/mol. The lowest BCUT2D eigenvalue weighted by Gasteiger charge is -2.22. The average Bonchev–Trinajstić information content (AvgIpc) is 2.62. The fourth-order valence-electron chi connectivity index (χ4n) is 2.57. The van der Waals surface area contributed by atoms with Crippen molar-refractivity contribution in [2.45, 2.75) is 19.9 Å². The Labute approximate surface area is 141 Å². The molecule has 0 saturated carbocycles. The van der Waals surface area contributed by atoms with Crippen LogP contribution in [0.5, 0.6) is 0 Å². The van der Waals surface area contributed by atoms with Gasteiger partial charge in [0, 0.05) is 31.2 Å². The summed E-state index contributed by atoms with van der Waals surface area (Å²) in [5, 5.41) is 2.96. The molecule has 1 N–H and O–H groups in total. The third-order valence-corrected chi connectivity index (χ3v) is 3.72. The van der Waals surface area contributed by atoms with E-state index in [2.05, 4.69) is 22.2 Å². The number of fused-ring (bicyclic) bond motifs is 1. The summed E-state index contributed by atoms with van der Waals surface area (Å²) in [4.78, 5) is 22.9. The number of anilines is 1. The van der Waals surface area contributed by atoms with E-state index >= 15 is 0 Å². The number of hydrogen-bond acceptors (Lipinski definition) is 3. The summed E-state index contributed by atoms with van der Waals surface area (Å²) in [6, 6.07) is 15.4. The Morgan fingerprint density at radius 3 is 2.54 bits per heavy atom. The molecule has 0 spiro atoms. The smallest absolute Gasteiger partial charge is 0.320 e. The van der Waals surface area contributed by atoms with E-state index in [9.17, 15) is 4.79 Å². The summed E-state index contributed by atoms with van der Waals surface area (Å²) in [7, 11) is 0. The Balaban J connectivity index is 1.74. The zero-order chi connectivity index (χ0) is 16.8. The number of carbonyl (C=O) groups excluding carboxylic acids is 1. The third-order valence-electron chi connectivity index (χ3n) is 3.72. The number of urea groups is 1. The van der Waals surface area contributed by atoms with Crippen molar-refractivity contribution in [1.82, 2.24) is 14.9 Å². The molecule has 1 aromatic heterocycles. The van der Waals surface area contributed by atoms with E-state index in [1.165, 1.54) is 0 Å². The Hall–Kier alpha value is -2.95. The standard InChI is InChI=1S/C19H20N4O/c1-2-12-23(14-15-6-4-3-5-7-15)19(24)22-16-8-9-17-18(13-16)21-11-10-20-17/h3-11,13H,2,12,14H2,1H3,(H,22,24). The lowest BCUT2D eigenvalue weighted by atomic mass is 10.2. The van der Waals surface area contributed by atoms with Crippen LogP contribution in [0, 0.1) is 0 Å². The molecule has 24 heavy (non-hydrogen) atoms. The molecule has 0 atom stereocenters. The Kier molecular flexibility index (Phi) is 5.01. The van der Waals surface area contributed by atoms with E-state index in [0.29, 0.717) is 13.1 Å². The minimum Gasteiger partial charge on any atom is -0.320 e. The zero-order valence-corrected chi connectivity index (χ0v) is 13.6. The van der Waals surface area contributed by atoms with Crippen LogP contribution < -0.4 is 5.32 Å². The molecule has 0 saturated heterocycles. The van der Waals surface area contributed by atoms with Crippen LogP contribution in [0.3, 0.4) is 0 Å². The molecule has 3 aromatic rings. The molecule has 0 unspecified atom stereocenters. The second-order valence-electron chi connectivity index (χ2n) is 5.60. The maximum absolute atomic E-state index is 12.6. The molecule has 2 amide bonds. The molecule has 0 aliphatic carbocycles. The van der Waals surface area contributed by atoms with Crippen molar-refractivity contribution in [3.8, 4) is 0 Å². The highest BCUT2D eigenvalue weighted by molar-refractivity contribution is 5.91. The molecule has 0 bridgehead atoms. The first kappa shape index (κ1) is 15.9. The molecule has 0 aliphatic rings. The third kappa shape index (κ3) is 3.87. The van der Waals surface area contributed by atoms with Gasteiger partial charge in [0.05, 0.1) is 11.0 Å². The Bertz CT molecular complexity index is 820. The van der Waals surface area contributed by atoms with Crippen molar-refractivity contribution in [1.29, 1.82) is 0 Å². The quantitative estimate of drug-likeness (QED) is 0.771. The van der Waals surface area contributed by atoms with Gasteiger partial charge in [0.1, 0.15) is 0 Å². The van der Waals surface area contributed by atoms with Gasteiger partial charge in [-0.25, -0.2) is 4.79 Å². The first-order valence-electron chi connectivity index (χ1n) is 8.07. The first-order valence-corrected chi connectivity index (χ1v) is 8.07. The monoisotopic (exact) mass is 320 g/mol. The molecular weight excluding hydrogens is 300 g/mol. The van der Waals surface area contributed by atoms with Gasteiger partial charge in [-0.3, -0.25) is 9.97 Å². The van der Waals surface area contributed by atoms with E-state index in [0.717, 1.165) is 28.7 Å². The maximum atomic E-state index is 12.6.